The molecule has 4 aromatic carbocycles. The number of rotatable bonds is 9. The Kier molecular flexibility index (Phi) is 9.28. The van der Waals surface area contributed by atoms with E-state index in [1.807, 2.05) is 118 Å². The topological polar surface area (TPSA) is 67.8 Å². The third-order valence-electron chi connectivity index (χ3n) is 6.05. The van der Waals surface area contributed by atoms with Crippen LogP contribution in [0.4, 0.5) is 4.79 Å². The van der Waals surface area contributed by atoms with Crippen molar-refractivity contribution < 1.29 is 19.4 Å². The van der Waals surface area contributed by atoms with Crippen LogP contribution in [-0.2, 0) is 24.3 Å². The van der Waals surface area contributed by atoms with Gasteiger partial charge in [-0.05, 0) is 84.8 Å². The Hall–Kier alpha value is -3.80. The second-order valence-corrected chi connectivity index (χ2v) is 10.9. The Bertz CT molecular complexity index is 1400. The molecule has 5 nitrogen and oxygen atoms in total. The minimum atomic E-state index is -0.891. The van der Waals surface area contributed by atoms with Crippen LogP contribution in [0.15, 0.2) is 97.1 Å². The van der Waals surface area contributed by atoms with Crippen LogP contribution >= 0.6 is 11.6 Å². The van der Waals surface area contributed by atoms with E-state index in [4.69, 9.17) is 21.1 Å². The highest BCUT2D eigenvalue weighted by Gasteiger charge is 2.18. The van der Waals surface area contributed by atoms with Crippen LogP contribution in [0.2, 0.25) is 5.02 Å². The summed E-state index contributed by atoms with van der Waals surface area (Å²) in [5, 5.41) is 14.7. The summed E-state index contributed by atoms with van der Waals surface area (Å²) >= 11 is 6.35. The van der Waals surface area contributed by atoms with Gasteiger partial charge in [0, 0.05) is 11.6 Å². The summed E-state index contributed by atoms with van der Waals surface area (Å²) in [4.78, 5) is 12.1. The van der Waals surface area contributed by atoms with Crippen molar-refractivity contribution in [3.05, 3.63) is 135 Å². The SMILES string of the molecule is CC(C)(C)OC(=O)NCc1cccc(C(O)c2cc(Cl)ccc2Cc2cccc(OCc3ccccc3)c2)c1. The lowest BCUT2D eigenvalue weighted by molar-refractivity contribution is 0.0523. The second-order valence-electron chi connectivity index (χ2n) is 10.4. The van der Waals surface area contributed by atoms with Crippen molar-refractivity contribution in [1.29, 1.82) is 0 Å². The van der Waals surface area contributed by atoms with E-state index in [-0.39, 0.29) is 6.54 Å². The summed E-state index contributed by atoms with van der Waals surface area (Å²) in [5.74, 6) is 0.789. The molecule has 0 aliphatic rings. The Balaban J connectivity index is 1.48. The normalized spacial score (nSPS) is 12.0. The van der Waals surface area contributed by atoms with Gasteiger partial charge in [0.15, 0.2) is 0 Å². The third kappa shape index (κ3) is 8.60. The van der Waals surface area contributed by atoms with Gasteiger partial charge >= 0.3 is 6.09 Å². The van der Waals surface area contributed by atoms with Gasteiger partial charge in [-0.25, -0.2) is 4.79 Å². The van der Waals surface area contributed by atoms with Crippen LogP contribution in [0.1, 0.15) is 60.3 Å². The number of benzene rings is 4. The number of ether oxygens (including phenoxy) is 2. The molecule has 0 saturated heterocycles. The van der Waals surface area contributed by atoms with E-state index in [1.54, 1.807) is 0 Å². The summed E-state index contributed by atoms with van der Waals surface area (Å²) in [6.45, 7) is 6.24. The molecule has 0 aromatic heterocycles. The van der Waals surface area contributed by atoms with Crippen LogP contribution in [0.25, 0.3) is 0 Å². The fourth-order valence-electron chi connectivity index (χ4n) is 4.23. The number of aliphatic hydroxyl groups is 1. The summed E-state index contributed by atoms with van der Waals surface area (Å²) < 4.78 is 11.3. The monoisotopic (exact) mass is 543 g/mol. The van der Waals surface area contributed by atoms with Crippen LogP contribution in [0.5, 0.6) is 5.75 Å². The molecule has 0 spiro atoms. The van der Waals surface area contributed by atoms with E-state index < -0.39 is 17.8 Å². The van der Waals surface area contributed by atoms with E-state index in [2.05, 4.69) is 5.32 Å². The number of amides is 1. The number of halogens is 1. The average Bonchev–Trinajstić information content (AvgIpc) is 2.91. The fraction of sp³-hybridized carbons (Fsp3) is 0.242. The number of hydrogen-bond donors (Lipinski definition) is 2. The minimum Gasteiger partial charge on any atom is -0.489 e. The van der Waals surface area contributed by atoms with Crippen molar-refractivity contribution in [3.63, 3.8) is 0 Å². The summed E-state index contributed by atoms with van der Waals surface area (Å²) in [5.41, 5.74) is 4.85. The average molecular weight is 544 g/mol. The zero-order chi connectivity index (χ0) is 27.8. The maximum Gasteiger partial charge on any atom is 0.407 e. The molecule has 0 aliphatic heterocycles. The number of carbonyl (C=O) groups excluding carboxylic acids is 1. The van der Waals surface area contributed by atoms with Crippen molar-refractivity contribution in [2.45, 2.75) is 52.0 Å². The molecule has 4 rings (SSSR count). The first-order chi connectivity index (χ1) is 18.7. The molecule has 0 saturated carbocycles. The van der Waals surface area contributed by atoms with Gasteiger partial charge in [0.1, 0.15) is 24.1 Å². The molecule has 1 amide bonds. The standard InChI is InChI=1S/C33H34ClNO4/c1-33(2,3)39-32(37)35-21-25-12-7-13-27(18-25)31(36)30-20-28(34)16-15-26(30)17-24-11-8-14-29(19-24)38-22-23-9-5-4-6-10-23/h4-16,18-20,31,36H,17,21-22H2,1-3H3,(H,35,37). The molecule has 1 unspecified atom stereocenters. The fourth-order valence-corrected chi connectivity index (χ4v) is 4.41. The first-order valence-electron chi connectivity index (χ1n) is 12.9. The number of alkyl carbamates (subject to hydrolysis) is 1. The molecule has 0 fully saturated rings. The lowest BCUT2D eigenvalue weighted by Crippen LogP contribution is -2.32. The molecule has 0 heterocycles. The van der Waals surface area contributed by atoms with E-state index in [0.29, 0.717) is 23.6 Å². The Morgan fingerprint density at radius 3 is 2.36 bits per heavy atom. The Morgan fingerprint density at radius 1 is 0.872 bits per heavy atom. The van der Waals surface area contributed by atoms with E-state index in [9.17, 15) is 9.90 Å². The smallest absolute Gasteiger partial charge is 0.407 e. The zero-order valence-electron chi connectivity index (χ0n) is 22.5. The number of aliphatic hydroxyl groups excluding tert-OH is 1. The Morgan fingerprint density at radius 2 is 1.59 bits per heavy atom. The molecule has 0 aliphatic carbocycles. The third-order valence-corrected chi connectivity index (χ3v) is 6.28. The molecule has 6 heteroatoms. The van der Waals surface area contributed by atoms with Crippen molar-refractivity contribution in [2.24, 2.45) is 0 Å². The summed E-state index contributed by atoms with van der Waals surface area (Å²) in [6, 6.07) is 31.1. The van der Waals surface area contributed by atoms with Crippen LogP contribution < -0.4 is 10.1 Å². The molecule has 0 bridgehead atoms. The Labute approximate surface area is 235 Å². The molecule has 2 N–H and O–H groups in total. The second kappa shape index (κ2) is 12.8. The predicted molar refractivity (Wildman–Crippen MR) is 155 cm³/mol. The minimum absolute atomic E-state index is 0.285. The van der Waals surface area contributed by atoms with E-state index >= 15 is 0 Å². The first-order valence-corrected chi connectivity index (χ1v) is 13.3. The summed E-state index contributed by atoms with van der Waals surface area (Å²) in [6.07, 6.45) is -0.773. The van der Waals surface area contributed by atoms with Crippen molar-refractivity contribution in [2.75, 3.05) is 0 Å². The molecular formula is C33H34ClNO4. The number of nitrogens with one attached hydrogen (secondary N) is 1. The molecule has 1 atom stereocenters. The molecular weight excluding hydrogens is 510 g/mol. The zero-order valence-corrected chi connectivity index (χ0v) is 23.2. The van der Waals surface area contributed by atoms with Gasteiger partial charge in [-0.3, -0.25) is 0 Å². The summed E-state index contributed by atoms with van der Waals surface area (Å²) in [7, 11) is 0. The van der Waals surface area contributed by atoms with Gasteiger partial charge in [0.05, 0.1) is 0 Å². The van der Waals surface area contributed by atoms with Gasteiger partial charge < -0.3 is 19.9 Å². The van der Waals surface area contributed by atoms with Crippen molar-refractivity contribution >= 4 is 17.7 Å². The van der Waals surface area contributed by atoms with E-state index in [0.717, 1.165) is 33.6 Å². The van der Waals surface area contributed by atoms with Gasteiger partial charge in [-0.2, -0.15) is 0 Å². The highest BCUT2D eigenvalue weighted by Crippen LogP contribution is 2.30. The number of hydrogen-bond acceptors (Lipinski definition) is 4. The lowest BCUT2D eigenvalue weighted by atomic mass is 9.92. The molecule has 0 radical (unpaired) electrons. The largest absolute Gasteiger partial charge is 0.489 e. The maximum absolute atomic E-state index is 12.1. The van der Waals surface area contributed by atoms with Gasteiger partial charge in [0.25, 0.3) is 0 Å². The molecule has 202 valence electrons. The first kappa shape index (κ1) is 28.2. The van der Waals surface area contributed by atoms with E-state index in [1.165, 1.54) is 0 Å². The quantitative estimate of drug-likeness (QED) is 0.228. The number of carbonyl (C=O) groups is 1. The lowest BCUT2D eigenvalue weighted by Gasteiger charge is -2.20. The maximum atomic E-state index is 12.1. The highest BCUT2D eigenvalue weighted by molar-refractivity contribution is 6.30. The van der Waals surface area contributed by atoms with Gasteiger partial charge in [0.2, 0.25) is 0 Å². The molecule has 4 aromatic rings. The van der Waals surface area contributed by atoms with Gasteiger partial charge in [-0.1, -0.05) is 84.4 Å². The van der Waals surface area contributed by atoms with Gasteiger partial charge in [-0.15, -0.1) is 0 Å². The van der Waals surface area contributed by atoms with Crippen LogP contribution in [0, 0.1) is 0 Å². The van der Waals surface area contributed by atoms with Crippen molar-refractivity contribution in [3.8, 4) is 5.75 Å². The highest BCUT2D eigenvalue weighted by atomic mass is 35.5. The van der Waals surface area contributed by atoms with Crippen LogP contribution in [-0.4, -0.2) is 16.8 Å². The van der Waals surface area contributed by atoms with Crippen LogP contribution in [0.3, 0.4) is 0 Å². The predicted octanol–water partition coefficient (Wildman–Crippen LogP) is 7.62. The van der Waals surface area contributed by atoms with Crippen molar-refractivity contribution in [1.82, 2.24) is 5.32 Å². The molecule has 39 heavy (non-hydrogen) atoms.